The number of nitro benzene ring substituents is 1. The Hall–Kier alpha value is -2.68. The van der Waals surface area contributed by atoms with Gasteiger partial charge in [-0.2, -0.15) is 0 Å². The van der Waals surface area contributed by atoms with Crippen LogP contribution in [-0.4, -0.2) is 55.8 Å². The van der Waals surface area contributed by atoms with Gasteiger partial charge in [-0.05, 0) is 31.7 Å². The molecule has 0 saturated carbocycles. The molecule has 9 heteroatoms. The van der Waals surface area contributed by atoms with Crippen molar-refractivity contribution in [2.75, 3.05) is 37.7 Å². The van der Waals surface area contributed by atoms with Gasteiger partial charge in [0, 0.05) is 32.3 Å². The molecular weight excluding hydrogens is 366 g/mol. The van der Waals surface area contributed by atoms with Crippen molar-refractivity contribution in [1.29, 1.82) is 0 Å². The zero-order valence-corrected chi connectivity index (χ0v) is 15.7. The third-order valence-electron chi connectivity index (χ3n) is 5.14. The van der Waals surface area contributed by atoms with Crippen molar-refractivity contribution in [3.63, 3.8) is 0 Å². The van der Waals surface area contributed by atoms with E-state index in [1.165, 1.54) is 6.07 Å². The van der Waals surface area contributed by atoms with Gasteiger partial charge in [-0.25, -0.2) is 0 Å². The van der Waals surface area contributed by atoms with Gasteiger partial charge in [0.1, 0.15) is 5.69 Å². The number of ether oxygens (including phenoxy) is 2. The van der Waals surface area contributed by atoms with Gasteiger partial charge in [0.15, 0.2) is 6.61 Å². The Morgan fingerprint density at radius 2 is 2.00 bits per heavy atom. The quantitative estimate of drug-likeness (QED) is 0.427. The van der Waals surface area contributed by atoms with E-state index >= 15 is 0 Å². The number of hydrogen-bond donors (Lipinski definition) is 1. The molecule has 1 atom stereocenters. The summed E-state index contributed by atoms with van der Waals surface area (Å²) in [5.41, 5.74) is 0.624. The van der Waals surface area contributed by atoms with Crippen molar-refractivity contribution < 1.29 is 24.0 Å². The zero-order chi connectivity index (χ0) is 19.9. The van der Waals surface area contributed by atoms with E-state index in [9.17, 15) is 19.7 Å². The van der Waals surface area contributed by atoms with E-state index in [0.717, 1.165) is 19.4 Å². The Kier molecular flexibility index (Phi) is 6.80. The molecule has 1 aromatic carbocycles. The van der Waals surface area contributed by atoms with Gasteiger partial charge < -0.3 is 19.7 Å². The predicted octanol–water partition coefficient (Wildman–Crippen LogP) is 1.65. The summed E-state index contributed by atoms with van der Waals surface area (Å²) < 4.78 is 10.6. The molecular formula is C19H25N3O6. The highest BCUT2D eigenvalue weighted by Gasteiger charge is 2.29. The molecule has 9 nitrogen and oxygen atoms in total. The summed E-state index contributed by atoms with van der Waals surface area (Å²) in [7, 11) is 0. The van der Waals surface area contributed by atoms with E-state index in [-0.39, 0.29) is 30.2 Å². The number of carbonyl (C=O) groups excluding carboxylic acids is 2. The number of nitrogens with zero attached hydrogens (tertiary/aromatic N) is 2. The predicted molar refractivity (Wildman–Crippen MR) is 101 cm³/mol. The third kappa shape index (κ3) is 5.19. The first-order valence-corrected chi connectivity index (χ1v) is 9.58. The fourth-order valence-electron chi connectivity index (χ4n) is 3.58. The smallest absolute Gasteiger partial charge is 0.309 e. The molecule has 1 amide bonds. The number of para-hydroxylation sites is 2. The molecule has 2 fully saturated rings. The second kappa shape index (κ2) is 9.50. The standard InChI is InChI=1S/C19H25N3O6/c23-18(20-12-15-4-3-11-27-15)13-28-19(24)14-7-9-21(10-8-14)16-5-1-2-6-17(16)22(25)26/h1-2,5-6,14-15H,3-4,7-13H2,(H,20,23)/t15-/m0/s1. The molecule has 2 aliphatic rings. The number of anilines is 1. The molecule has 0 aliphatic carbocycles. The molecule has 3 rings (SSSR count). The van der Waals surface area contributed by atoms with Crippen LogP contribution in [-0.2, 0) is 19.1 Å². The van der Waals surface area contributed by atoms with Crippen LogP contribution in [0.25, 0.3) is 0 Å². The van der Waals surface area contributed by atoms with Crippen molar-refractivity contribution in [2.24, 2.45) is 5.92 Å². The highest BCUT2D eigenvalue weighted by molar-refractivity contribution is 5.81. The Bertz CT molecular complexity index is 711. The number of piperidine rings is 1. The number of nitro groups is 1. The lowest BCUT2D eigenvalue weighted by Gasteiger charge is -2.32. The average Bonchev–Trinajstić information content (AvgIpc) is 3.24. The van der Waals surface area contributed by atoms with E-state index < -0.39 is 10.9 Å². The number of carbonyl (C=O) groups is 2. The van der Waals surface area contributed by atoms with Crippen LogP contribution in [0.1, 0.15) is 25.7 Å². The van der Waals surface area contributed by atoms with Gasteiger partial charge in [-0.1, -0.05) is 12.1 Å². The Morgan fingerprint density at radius 1 is 1.25 bits per heavy atom. The van der Waals surface area contributed by atoms with Gasteiger partial charge in [-0.3, -0.25) is 19.7 Å². The molecule has 0 bridgehead atoms. The first-order chi connectivity index (χ1) is 13.5. The Labute approximate surface area is 163 Å². The highest BCUT2D eigenvalue weighted by atomic mass is 16.6. The van der Waals surface area contributed by atoms with Crippen molar-refractivity contribution in [3.8, 4) is 0 Å². The van der Waals surface area contributed by atoms with Crippen LogP contribution in [0.15, 0.2) is 24.3 Å². The fraction of sp³-hybridized carbons (Fsp3) is 0.579. The lowest BCUT2D eigenvalue weighted by Crippen LogP contribution is -2.39. The van der Waals surface area contributed by atoms with Gasteiger partial charge in [-0.15, -0.1) is 0 Å². The monoisotopic (exact) mass is 391 g/mol. The van der Waals surface area contributed by atoms with Gasteiger partial charge in [0.05, 0.1) is 16.9 Å². The summed E-state index contributed by atoms with van der Waals surface area (Å²) in [6.07, 6.45) is 3.04. The third-order valence-corrected chi connectivity index (χ3v) is 5.14. The van der Waals surface area contributed by atoms with E-state index in [1.54, 1.807) is 18.2 Å². The first kappa shape index (κ1) is 20.1. The van der Waals surface area contributed by atoms with E-state index in [2.05, 4.69) is 5.32 Å². The maximum absolute atomic E-state index is 12.2. The molecule has 0 spiro atoms. The Morgan fingerprint density at radius 3 is 2.68 bits per heavy atom. The van der Waals surface area contributed by atoms with Crippen molar-refractivity contribution >= 4 is 23.3 Å². The average molecular weight is 391 g/mol. The van der Waals surface area contributed by atoms with Crippen LogP contribution in [0.5, 0.6) is 0 Å². The van der Waals surface area contributed by atoms with Crippen LogP contribution >= 0.6 is 0 Å². The fourth-order valence-corrected chi connectivity index (χ4v) is 3.58. The minimum atomic E-state index is -0.398. The molecule has 0 unspecified atom stereocenters. The van der Waals surface area contributed by atoms with Crippen LogP contribution in [0.4, 0.5) is 11.4 Å². The molecule has 0 aromatic heterocycles. The van der Waals surface area contributed by atoms with Gasteiger partial charge in [0.25, 0.3) is 11.6 Å². The topological polar surface area (TPSA) is 111 Å². The summed E-state index contributed by atoms with van der Waals surface area (Å²) in [4.78, 5) is 36.7. The van der Waals surface area contributed by atoms with Crippen molar-refractivity contribution in [2.45, 2.75) is 31.8 Å². The summed E-state index contributed by atoms with van der Waals surface area (Å²) in [5, 5.41) is 13.9. The number of amides is 1. The van der Waals surface area contributed by atoms with Crippen LogP contribution in [0.3, 0.4) is 0 Å². The molecule has 152 valence electrons. The van der Waals surface area contributed by atoms with Crippen molar-refractivity contribution in [3.05, 3.63) is 34.4 Å². The lowest BCUT2D eigenvalue weighted by molar-refractivity contribution is -0.384. The Balaban J connectivity index is 1.41. The molecule has 2 heterocycles. The minimum absolute atomic E-state index is 0.0472. The zero-order valence-electron chi connectivity index (χ0n) is 15.7. The molecule has 0 radical (unpaired) electrons. The number of rotatable bonds is 7. The number of benzene rings is 1. The number of esters is 1. The van der Waals surface area contributed by atoms with E-state index in [0.29, 0.717) is 38.2 Å². The van der Waals surface area contributed by atoms with Gasteiger partial charge in [0.2, 0.25) is 0 Å². The maximum Gasteiger partial charge on any atom is 0.309 e. The summed E-state index contributed by atoms with van der Waals surface area (Å²) in [6, 6.07) is 6.59. The lowest BCUT2D eigenvalue weighted by atomic mass is 9.96. The molecule has 2 aliphatic heterocycles. The molecule has 1 N–H and O–H groups in total. The molecule has 2 saturated heterocycles. The molecule has 28 heavy (non-hydrogen) atoms. The second-order valence-corrected chi connectivity index (χ2v) is 7.05. The first-order valence-electron chi connectivity index (χ1n) is 9.58. The highest BCUT2D eigenvalue weighted by Crippen LogP contribution is 2.31. The van der Waals surface area contributed by atoms with E-state index in [4.69, 9.17) is 9.47 Å². The minimum Gasteiger partial charge on any atom is -0.455 e. The van der Waals surface area contributed by atoms with Crippen LogP contribution in [0, 0.1) is 16.0 Å². The number of nitrogens with one attached hydrogen (secondary N) is 1. The van der Waals surface area contributed by atoms with Crippen molar-refractivity contribution in [1.82, 2.24) is 5.32 Å². The second-order valence-electron chi connectivity index (χ2n) is 7.05. The summed E-state index contributed by atoms with van der Waals surface area (Å²) >= 11 is 0. The van der Waals surface area contributed by atoms with Crippen LogP contribution < -0.4 is 10.2 Å². The SMILES string of the molecule is O=C(COC(=O)C1CCN(c2ccccc2[N+](=O)[O-])CC1)NC[C@@H]1CCCO1. The molecule has 1 aromatic rings. The number of hydrogen-bond acceptors (Lipinski definition) is 7. The van der Waals surface area contributed by atoms with Gasteiger partial charge >= 0.3 is 5.97 Å². The van der Waals surface area contributed by atoms with E-state index in [1.807, 2.05) is 4.90 Å². The van der Waals surface area contributed by atoms with Crippen LogP contribution in [0.2, 0.25) is 0 Å². The summed E-state index contributed by atoms with van der Waals surface area (Å²) in [6.45, 7) is 1.91. The maximum atomic E-state index is 12.2. The summed E-state index contributed by atoms with van der Waals surface area (Å²) in [5.74, 6) is -1.03. The largest absolute Gasteiger partial charge is 0.455 e. The normalized spacial score (nSPS) is 20.0.